The number of unbranched alkanes of at least 4 members (excludes halogenated alkanes) is 35. The lowest BCUT2D eigenvalue weighted by Crippen LogP contribution is -2.02. The lowest BCUT2D eigenvalue weighted by Gasteiger charge is -2.15. The van der Waals surface area contributed by atoms with E-state index in [-0.39, 0.29) is 0 Å². The quantitative estimate of drug-likeness (QED) is 0.0599. The Morgan fingerprint density at radius 2 is 0.460 bits per heavy atom. The van der Waals surface area contributed by atoms with Crippen molar-refractivity contribution in [3.63, 3.8) is 0 Å². The number of aryl methyl sites for hydroxylation is 2. The second-order valence-electron chi connectivity index (χ2n) is 16.7. The van der Waals surface area contributed by atoms with Crippen LogP contribution in [-0.4, -0.2) is 0 Å². The Morgan fingerprint density at radius 1 is 0.240 bits per heavy atom. The first kappa shape index (κ1) is 47.2. The molecule has 0 radical (unpaired) electrons. The largest absolute Gasteiger partial charge is 0.0654 e. The zero-order valence-electron chi connectivity index (χ0n) is 35.2. The van der Waals surface area contributed by atoms with E-state index >= 15 is 0 Å². The van der Waals surface area contributed by atoms with E-state index in [4.69, 9.17) is 0 Å². The normalized spacial score (nSPS) is 11.6. The fraction of sp³-hybridized carbons (Fsp3) is 0.880. The molecule has 1 rings (SSSR count). The van der Waals surface area contributed by atoms with E-state index in [0.29, 0.717) is 0 Å². The second-order valence-corrected chi connectivity index (χ2v) is 16.7. The van der Waals surface area contributed by atoms with Crippen LogP contribution in [0.2, 0.25) is 0 Å². The van der Waals surface area contributed by atoms with Gasteiger partial charge in [0.1, 0.15) is 0 Å². The highest BCUT2D eigenvalue weighted by atomic mass is 14.1. The summed E-state index contributed by atoms with van der Waals surface area (Å²) in [6.07, 6.45) is 59.1. The van der Waals surface area contributed by atoms with Crippen LogP contribution in [0, 0.1) is 0 Å². The van der Waals surface area contributed by atoms with Gasteiger partial charge in [0.25, 0.3) is 0 Å². The van der Waals surface area contributed by atoms with Crippen molar-refractivity contribution in [2.45, 2.75) is 284 Å². The molecule has 0 amide bonds. The molecule has 0 fully saturated rings. The van der Waals surface area contributed by atoms with E-state index in [1.165, 1.54) is 263 Å². The van der Waals surface area contributed by atoms with Crippen molar-refractivity contribution in [2.75, 3.05) is 0 Å². The first-order valence-corrected chi connectivity index (χ1v) is 23.9. The van der Waals surface area contributed by atoms with E-state index in [1.54, 1.807) is 16.7 Å². The van der Waals surface area contributed by atoms with Crippen molar-refractivity contribution in [1.29, 1.82) is 0 Å². The zero-order valence-corrected chi connectivity index (χ0v) is 35.2. The molecule has 1 aromatic rings. The Balaban J connectivity index is 2.04. The molecule has 50 heavy (non-hydrogen) atoms. The van der Waals surface area contributed by atoms with Gasteiger partial charge in [-0.05, 0) is 55.2 Å². The van der Waals surface area contributed by atoms with E-state index in [1.807, 2.05) is 0 Å². The molecule has 0 unspecified atom stereocenters. The van der Waals surface area contributed by atoms with E-state index in [9.17, 15) is 0 Å². The Bertz CT molecular complexity index is 718. The fourth-order valence-electron chi connectivity index (χ4n) is 8.27. The highest BCUT2D eigenvalue weighted by Gasteiger charge is 2.09. The minimum atomic E-state index is 1.31. The Labute approximate surface area is 317 Å². The van der Waals surface area contributed by atoms with Crippen LogP contribution >= 0.6 is 0 Å². The van der Waals surface area contributed by atoms with E-state index < -0.39 is 0 Å². The molecule has 0 aliphatic carbocycles. The van der Waals surface area contributed by atoms with Gasteiger partial charge in [-0.25, -0.2) is 0 Å². The van der Waals surface area contributed by atoms with Crippen molar-refractivity contribution in [2.24, 2.45) is 0 Å². The minimum Gasteiger partial charge on any atom is -0.0654 e. The standard InChI is InChI=1S/C50H94/c1-4-7-10-12-14-16-18-20-22-24-26-28-30-32-34-36-38-40-43-48-45-42-46-49(50(48)47-9-6-3)44-41-39-37-35-33-31-29-27-25-23-21-19-17-15-13-11-8-5-2/h42,45-46H,4-41,43-44,47H2,1-3H3. The monoisotopic (exact) mass is 695 g/mol. The molecular weight excluding hydrogens is 601 g/mol. The molecule has 294 valence electrons. The molecule has 0 saturated carbocycles. The summed E-state index contributed by atoms with van der Waals surface area (Å²) >= 11 is 0. The second kappa shape index (κ2) is 39.4. The first-order valence-electron chi connectivity index (χ1n) is 23.9. The van der Waals surface area contributed by atoms with Crippen LogP contribution in [0.3, 0.4) is 0 Å². The smallest absolute Gasteiger partial charge is 0.0274 e. The maximum Gasteiger partial charge on any atom is -0.0274 e. The topological polar surface area (TPSA) is 0 Å². The molecule has 0 aliphatic rings. The van der Waals surface area contributed by atoms with Gasteiger partial charge in [0.2, 0.25) is 0 Å². The first-order chi connectivity index (χ1) is 24.8. The molecule has 0 aliphatic heterocycles. The summed E-state index contributed by atoms with van der Waals surface area (Å²) in [6.45, 7) is 6.98. The summed E-state index contributed by atoms with van der Waals surface area (Å²) < 4.78 is 0. The lowest BCUT2D eigenvalue weighted by molar-refractivity contribution is 0.524. The molecule has 0 N–H and O–H groups in total. The average molecular weight is 695 g/mol. The molecule has 0 nitrogen and oxygen atoms in total. The summed E-state index contributed by atoms with van der Waals surface area (Å²) in [5.41, 5.74) is 5.12. The van der Waals surface area contributed by atoms with Crippen molar-refractivity contribution in [3.05, 3.63) is 34.9 Å². The minimum absolute atomic E-state index is 1.31. The highest BCUT2D eigenvalue weighted by Crippen LogP contribution is 2.23. The van der Waals surface area contributed by atoms with E-state index in [0.717, 1.165) is 0 Å². The van der Waals surface area contributed by atoms with Gasteiger partial charge in [-0.3, -0.25) is 0 Å². The Morgan fingerprint density at radius 3 is 0.700 bits per heavy atom. The molecule has 0 heterocycles. The van der Waals surface area contributed by atoms with Crippen molar-refractivity contribution < 1.29 is 0 Å². The highest BCUT2D eigenvalue weighted by molar-refractivity contribution is 5.36. The molecule has 0 saturated heterocycles. The molecule has 1 aromatic carbocycles. The number of hydrogen-bond acceptors (Lipinski definition) is 0. The van der Waals surface area contributed by atoms with Gasteiger partial charge in [-0.15, -0.1) is 0 Å². The summed E-state index contributed by atoms with van der Waals surface area (Å²) in [6, 6.07) is 7.32. The maximum atomic E-state index is 2.47. The van der Waals surface area contributed by atoms with Gasteiger partial charge in [0, 0.05) is 0 Å². The van der Waals surface area contributed by atoms with Gasteiger partial charge >= 0.3 is 0 Å². The molecule has 0 atom stereocenters. The van der Waals surface area contributed by atoms with Crippen molar-refractivity contribution >= 4 is 0 Å². The van der Waals surface area contributed by atoms with Crippen LogP contribution in [0.25, 0.3) is 0 Å². The fourth-order valence-corrected chi connectivity index (χ4v) is 8.27. The third-order valence-electron chi connectivity index (χ3n) is 11.7. The number of rotatable bonds is 41. The number of benzene rings is 1. The summed E-state index contributed by atoms with van der Waals surface area (Å²) in [5.74, 6) is 0. The average Bonchev–Trinajstić information content (AvgIpc) is 3.13. The maximum absolute atomic E-state index is 2.47. The summed E-state index contributed by atoms with van der Waals surface area (Å²) in [7, 11) is 0. The zero-order chi connectivity index (χ0) is 35.8. The van der Waals surface area contributed by atoms with Crippen LogP contribution in [0.4, 0.5) is 0 Å². The Hall–Kier alpha value is -0.780. The van der Waals surface area contributed by atoms with Crippen LogP contribution in [0.15, 0.2) is 18.2 Å². The SMILES string of the molecule is CCCCCCCCCCCCCCCCCCCCc1cccc(CCCCCCCCCCCCCCCCCCCC)c1CCCC. The molecule has 0 heteroatoms. The Kier molecular flexibility index (Phi) is 37.3. The molecular formula is C50H94. The van der Waals surface area contributed by atoms with Gasteiger partial charge in [0.15, 0.2) is 0 Å². The summed E-state index contributed by atoms with van der Waals surface area (Å²) in [4.78, 5) is 0. The van der Waals surface area contributed by atoms with Crippen LogP contribution in [0.5, 0.6) is 0 Å². The third-order valence-corrected chi connectivity index (χ3v) is 11.7. The molecule has 0 bridgehead atoms. The van der Waals surface area contributed by atoms with Gasteiger partial charge in [0.05, 0.1) is 0 Å². The van der Waals surface area contributed by atoms with Crippen LogP contribution in [0.1, 0.15) is 281 Å². The predicted octanol–water partition coefficient (Wildman–Crippen LogP) is 18.2. The number of hydrogen-bond donors (Lipinski definition) is 0. The van der Waals surface area contributed by atoms with Gasteiger partial charge < -0.3 is 0 Å². The van der Waals surface area contributed by atoms with Crippen LogP contribution in [-0.2, 0) is 19.3 Å². The third kappa shape index (κ3) is 30.8. The lowest BCUT2D eigenvalue weighted by atomic mass is 9.90. The van der Waals surface area contributed by atoms with E-state index in [2.05, 4.69) is 39.0 Å². The summed E-state index contributed by atoms with van der Waals surface area (Å²) in [5, 5.41) is 0. The van der Waals surface area contributed by atoms with Crippen molar-refractivity contribution in [3.8, 4) is 0 Å². The predicted molar refractivity (Wildman–Crippen MR) is 230 cm³/mol. The molecule has 0 aromatic heterocycles. The molecule has 0 spiro atoms. The van der Waals surface area contributed by atoms with Crippen molar-refractivity contribution in [1.82, 2.24) is 0 Å². The van der Waals surface area contributed by atoms with Gasteiger partial charge in [-0.2, -0.15) is 0 Å². The van der Waals surface area contributed by atoms with Gasteiger partial charge in [-0.1, -0.05) is 264 Å². The van der Waals surface area contributed by atoms with Crippen LogP contribution < -0.4 is 0 Å².